The molecule has 1 aromatic heterocycles. The molecule has 0 saturated heterocycles. The molecule has 1 rings (SSSR count). The van der Waals surface area contributed by atoms with Gasteiger partial charge in [0.05, 0.1) is 12.2 Å². The van der Waals surface area contributed by atoms with Crippen LogP contribution >= 0.6 is 0 Å². The van der Waals surface area contributed by atoms with Crippen molar-refractivity contribution < 1.29 is 18.9 Å². The molecule has 0 spiro atoms. The van der Waals surface area contributed by atoms with Crippen LogP contribution in [0.4, 0.5) is 0 Å². The number of aromatic nitrogens is 1. The van der Waals surface area contributed by atoms with E-state index in [4.69, 9.17) is 10.5 Å². The number of nitrogens with two attached hydrogens (primary N) is 1. The molecule has 0 bridgehead atoms. The minimum Gasteiger partial charge on any atom is -0.462 e. The maximum absolute atomic E-state index is 11.3. The first-order valence-electron chi connectivity index (χ1n) is 4.58. The van der Waals surface area contributed by atoms with Crippen LogP contribution in [0.2, 0.25) is 0 Å². The molecule has 0 radical (unpaired) electrons. The summed E-state index contributed by atoms with van der Waals surface area (Å²) in [6.45, 7) is 2.19. The summed E-state index contributed by atoms with van der Waals surface area (Å²) in [6, 6.07) is 3.17. The third-order valence-electron chi connectivity index (χ3n) is 1.74. The second-order valence-electron chi connectivity index (χ2n) is 2.95. The maximum atomic E-state index is 11.3. The maximum Gasteiger partial charge on any atom is 0.338 e. The number of primary amides is 1. The lowest BCUT2D eigenvalue weighted by Crippen LogP contribution is -2.40. The van der Waals surface area contributed by atoms with Crippen LogP contribution in [0.3, 0.4) is 0 Å². The summed E-state index contributed by atoms with van der Waals surface area (Å²) in [5.74, 6) is -0.799. The normalized spacial score (nSPS) is 9.67. The Hall–Kier alpha value is -1.91. The van der Waals surface area contributed by atoms with Gasteiger partial charge in [0.25, 0.3) is 5.91 Å². The van der Waals surface area contributed by atoms with Crippen LogP contribution in [-0.4, -0.2) is 18.5 Å². The molecule has 0 saturated carbocycles. The van der Waals surface area contributed by atoms with Crippen LogP contribution in [0.1, 0.15) is 17.3 Å². The van der Waals surface area contributed by atoms with E-state index >= 15 is 0 Å². The number of nitrogens with zero attached hydrogens (tertiary/aromatic N) is 1. The summed E-state index contributed by atoms with van der Waals surface area (Å²) in [5.41, 5.74) is 5.47. The Morgan fingerprint density at radius 3 is 2.47 bits per heavy atom. The molecule has 1 heterocycles. The summed E-state index contributed by atoms with van der Waals surface area (Å²) >= 11 is 0. The SMILES string of the molecule is CCOC(=O)c1cc[n+](CC(N)=O)cc1. The van der Waals surface area contributed by atoms with Crippen LogP contribution in [0.5, 0.6) is 0 Å². The first-order chi connectivity index (χ1) is 7.13. The van der Waals surface area contributed by atoms with Crippen molar-refractivity contribution in [2.24, 2.45) is 5.73 Å². The van der Waals surface area contributed by atoms with E-state index < -0.39 is 5.91 Å². The van der Waals surface area contributed by atoms with Gasteiger partial charge in [-0.2, -0.15) is 4.57 Å². The van der Waals surface area contributed by atoms with Gasteiger partial charge in [-0.15, -0.1) is 0 Å². The van der Waals surface area contributed by atoms with E-state index in [2.05, 4.69) is 0 Å². The van der Waals surface area contributed by atoms with Gasteiger partial charge in [-0.05, 0) is 6.92 Å². The summed E-state index contributed by atoms with van der Waals surface area (Å²) in [6.07, 6.45) is 3.22. The molecule has 5 nitrogen and oxygen atoms in total. The van der Waals surface area contributed by atoms with E-state index in [9.17, 15) is 9.59 Å². The molecule has 1 amide bonds. The minimum atomic E-state index is -0.427. The van der Waals surface area contributed by atoms with Crippen molar-refractivity contribution in [1.82, 2.24) is 0 Å². The van der Waals surface area contributed by atoms with E-state index in [0.717, 1.165) is 0 Å². The number of carbonyl (C=O) groups is 2. The zero-order valence-electron chi connectivity index (χ0n) is 8.47. The minimum absolute atomic E-state index is 0.100. The fourth-order valence-electron chi connectivity index (χ4n) is 1.09. The third-order valence-corrected chi connectivity index (χ3v) is 1.74. The summed E-state index contributed by atoms with van der Waals surface area (Å²) < 4.78 is 6.40. The smallest absolute Gasteiger partial charge is 0.338 e. The molecule has 2 N–H and O–H groups in total. The van der Waals surface area contributed by atoms with Crippen LogP contribution in [0, 0.1) is 0 Å². The number of esters is 1. The van der Waals surface area contributed by atoms with E-state index in [1.54, 1.807) is 36.0 Å². The number of pyridine rings is 1. The van der Waals surface area contributed by atoms with Gasteiger partial charge in [0, 0.05) is 12.1 Å². The molecular weight excluding hydrogens is 196 g/mol. The van der Waals surface area contributed by atoms with E-state index in [-0.39, 0.29) is 12.5 Å². The molecule has 0 aliphatic heterocycles. The lowest BCUT2D eigenvalue weighted by Gasteiger charge is -1.99. The predicted octanol–water partition coefficient (Wildman–Crippen LogP) is -0.364. The molecule has 0 unspecified atom stereocenters. The number of amides is 1. The molecule has 5 heteroatoms. The van der Waals surface area contributed by atoms with Gasteiger partial charge in [-0.3, -0.25) is 4.79 Å². The second kappa shape index (κ2) is 5.09. The van der Waals surface area contributed by atoms with E-state index in [1.165, 1.54) is 0 Å². The number of hydrogen-bond acceptors (Lipinski definition) is 3. The number of hydrogen-bond donors (Lipinski definition) is 1. The largest absolute Gasteiger partial charge is 0.462 e. The van der Waals surface area contributed by atoms with Gasteiger partial charge in [0.2, 0.25) is 6.54 Å². The molecule has 1 aromatic rings. The highest BCUT2D eigenvalue weighted by Gasteiger charge is 2.09. The molecule has 0 fully saturated rings. The number of carbonyl (C=O) groups excluding carboxylic acids is 2. The summed E-state index contributed by atoms with van der Waals surface area (Å²) in [4.78, 5) is 21.9. The molecule has 0 atom stereocenters. The quantitative estimate of drug-likeness (QED) is 0.543. The monoisotopic (exact) mass is 209 g/mol. The number of ether oxygens (including phenoxy) is 1. The van der Waals surface area contributed by atoms with Crippen LogP contribution in [0.15, 0.2) is 24.5 Å². The average Bonchev–Trinajstić information content (AvgIpc) is 2.18. The Balaban J connectivity index is 2.71. The first kappa shape index (κ1) is 11.2. The molecule has 15 heavy (non-hydrogen) atoms. The van der Waals surface area contributed by atoms with Gasteiger partial charge in [-0.1, -0.05) is 0 Å². The Morgan fingerprint density at radius 2 is 2.00 bits per heavy atom. The van der Waals surface area contributed by atoms with Crippen LogP contribution in [0.25, 0.3) is 0 Å². The Kier molecular flexibility index (Phi) is 3.79. The number of rotatable bonds is 4. The fourth-order valence-corrected chi connectivity index (χ4v) is 1.09. The molecule has 0 aliphatic rings. The van der Waals surface area contributed by atoms with Crippen molar-refractivity contribution in [2.45, 2.75) is 13.5 Å². The second-order valence-corrected chi connectivity index (χ2v) is 2.95. The van der Waals surface area contributed by atoms with Gasteiger partial charge in [0.1, 0.15) is 0 Å². The van der Waals surface area contributed by atoms with E-state index in [1.807, 2.05) is 0 Å². The van der Waals surface area contributed by atoms with Gasteiger partial charge in [-0.25, -0.2) is 4.79 Å². The molecular formula is C10H13N2O3+. The Labute approximate surface area is 87.5 Å². The predicted molar refractivity (Wildman–Crippen MR) is 51.8 cm³/mol. The van der Waals surface area contributed by atoms with Crippen molar-refractivity contribution in [3.05, 3.63) is 30.1 Å². The summed E-state index contributed by atoms with van der Waals surface area (Å²) in [7, 11) is 0. The van der Waals surface area contributed by atoms with Crippen molar-refractivity contribution in [3.8, 4) is 0 Å². The zero-order valence-corrected chi connectivity index (χ0v) is 8.47. The van der Waals surface area contributed by atoms with E-state index in [0.29, 0.717) is 12.2 Å². The highest BCUT2D eigenvalue weighted by Crippen LogP contribution is 1.97. The standard InChI is InChI=1S/C10H12N2O3/c1-2-15-10(14)8-3-5-12(6-4-8)7-9(11)13/h3-6H,2,7H2,1H3,(H-,11,13)/p+1. The van der Waals surface area contributed by atoms with Gasteiger partial charge in [0.15, 0.2) is 12.4 Å². The average molecular weight is 209 g/mol. The zero-order chi connectivity index (χ0) is 11.3. The molecule has 0 aromatic carbocycles. The van der Waals surface area contributed by atoms with Crippen LogP contribution < -0.4 is 10.3 Å². The van der Waals surface area contributed by atoms with Crippen molar-refractivity contribution in [1.29, 1.82) is 0 Å². The highest BCUT2D eigenvalue weighted by molar-refractivity contribution is 5.88. The molecule has 0 aliphatic carbocycles. The first-order valence-corrected chi connectivity index (χ1v) is 4.58. The van der Waals surface area contributed by atoms with Crippen molar-refractivity contribution >= 4 is 11.9 Å². The topological polar surface area (TPSA) is 73.3 Å². The lowest BCUT2D eigenvalue weighted by atomic mass is 10.3. The summed E-state index contributed by atoms with van der Waals surface area (Å²) in [5, 5.41) is 0. The third kappa shape index (κ3) is 3.38. The Bertz CT molecular complexity index is 359. The lowest BCUT2D eigenvalue weighted by molar-refractivity contribution is -0.684. The Morgan fingerprint density at radius 1 is 1.40 bits per heavy atom. The van der Waals surface area contributed by atoms with Gasteiger partial charge >= 0.3 is 5.97 Å². The fraction of sp³-hybridized carbons (Fsp3) is 0.300. The van der Waals surface area contributed by atoms with Crippen molar-refractivity contribution in [2.75, 3.05) is 6.61 Å². The highest BCUT2D eigenvalue weighted by atomic mass is 16.5. The van der Waals surface area contributed by atoms with Crippen LogP contribution in [-0.2, 0) is 16.1 Å². The van der Waals surface area contributed by atoms with Gasteiger partial charge < -0.3 is 10.5 Å². The van der Waals surface area contributed by atoms with Crippen molar-refractivity contribution in [3.63, 3.8) is 0 Å². The molecule has 80 valence electrons.